The van der Waals surface area contributed by atoms with Crippen molar-refractivity contribution < 1.29 is 25.2 Å². The van der Waals surface area contributed by atoms with E-state index in [-0.39, 0.29) is 25.0 Å². The van der Waals surface area contributed by atoms with E-state index in [2.05, 4.69) is 0 Å². The van der Waals surface area contributed by atoms with E-state index in [1.807, 2.05) is 13.8 Å². The molecule has 0 saturated heterocycles. The summed E-state index contributed by atoms with van der Waals surface area (Å²) in [6.45, 7) is 4.11. The van der Waals surface area contributed by atoms with Crippen molar-refractivity contribution >= 4 is 20.2 Å². The molecule has 0 bridgehead atoms. The van der Waals surface area contributed by atoms with E-state index in [9.17, 15) is 16.8 Å². The van der Waals surface area contributed by atoms with Crippen LogP contribution in [0.1, 0.15) is 26.7 Å². The van der Waals surface area contributed by atoms with Gasteiger partial charge in [-0.15, -0.1) is 0 Å². The Bertz CT molecular complexity index is 521. The Hall–Kier alpha value is -0.440. The average Bonchev–Trinajstić information content (AvgIpc) is 2.26. The van der Waals surface area contributed by atoms with E-state index in [0.29, 0.717) is 12.8 Å². The molecule has 0 saturated carbocycles. The summed E-state index contributed by atoms with van der Waals surface area (Å²) in [6, 6.07) is 0. The molecule has 1 aliphatic rings. The summed E-state index contributed by atoms with van der Waals surface area (Å²) in [6.07, 6.45) is 3.40. The molecule has 0 unspecified atom stereocenters. The Labute approximate surface area is 121 Å². The number of rotatable bonds is 6. The summed E-state index contributed by atoms with van der Waals surface area (Å²) < 4.78 is 54.0. The van der Waals surface area contributed by atoms with Crippen LogP contribution in [0.25, 0.3) is 0 Å². The predicted octanol–water partition coefficient (Wildman–Crippen LogP) is 1.30. The van der Waals surface area contributed by atoms with Gasteiger partial charge in [0.15, 0.2) is 0 Å². The van der Waals surface area contributed by atoms with Crippen LogP contribution in [-0.2, 0) is 28.6 Å². The Morgan fingerprint density at radius 3 is 1.40 bits per heavy atom. The molecule has 1 rings (SSSR count). The van der Waals surface area contributed by atoms with Crippen molar-refractivity contribution in [1.29, 1.82) is 0 Å². The minimum Gasteiger partial charge on any atom is -0.270 e. The second kappa shape index (κ2) is 6.55. The van der Waals surface area contributed by atoms with Gasteiger partial charge in [0.1, 0.15) is 0 Å². The quantitative estimate of drug-likeness (QED) is 0.540. The van der Waals surface area contributed by atoms with Gasteiger partial charge in [-0.05, 0) is 38.5 Å². The lowest BCUT2D eigenvalue weighted by Gasteiger charge is -2.32. The molecule has 118 valence electrons. The monoisotopic (exact) mass is 326 g/mol. The molecule has 0 fully saturated rings. The van der Waals surface area contributed by atoms with Gasteiger partial charge in [0.25, 0.3) is 20.2 Å². The minimum absolute atomic E-state index is 0.0568. The molecule has 2 atom stereocenters. The summed E-state index contributed by atoms with van der Waals surface area (Å²) in [5, 5.41) is 0. The minimum atomic E-state index is -3.50. The maximum absolute atomic E-state index is 11.1. The fraction of sp³-hybridized carbons (Fsp3) is 0.833. The number of hydrogen-bond donors (Lipinski definition) is 0. The van der Waals surface area contributed by atoms with Gasteiger partial charge in [0.05, 0.1) is 25.7 Å². The highest BCUT2D eigenvalue weighted by atomic mass is 32.2. The highest BCUT2D eigenvalue weighted by Crippen LogP contribution is 2.34. The smallest absolute Gasteiger partial charge is 0.264 e. The van der Waals surface area contributed by atoms with Gasteiger partial charge < -0.3 is 0 Å². The molecule has 0 spiro atoms. The standard InChI is InChI=1S/C12H22O6S2/c1-9-5-11(7-17-19(3,13)14)12(6-10(9)2)8-18-20(4,15)16/h11-12H,5-8H2,1-4H3/t11-,12-/m1/s1. The van der Waals surface area contributed by atoms with Crippen LogP contribution in [-0.4, -0.2) is 42.6 Å². The van der Waals surface area contributed by atoms with Crippen molar-refractivity contribution in [2.45, 2.75) is 26.7 Å². The molecule has 0 aromatic rings. The Morgan fingerprint density at radius 2 is 1.15 bits per heavy atom. The van der Waals surface area contributed by atoms with E-state index in [4.69, 9.17) is 8.37 Å². The third-order valence-corrected chi connectivity index (χ3v) is 4.65. The van der Waals surface area contributed by atoms with Crippen LogP contribution in [0.4, 0.5) is 0 Å². The maximum Gasteiger partial charge on any atom is 0.264 e. The van der Waals surface area contributed by atoms with Crippen LogP contribution in [0.5, 0.6) is 0 Å². The first-order valence-corrected chi connectivity index (χ1v) is 9.95. The van der Waals surface area contributed by atoms with Crippen LogP contribution in [0.3, 0.4) is 0 Å². The normalized spacial score (nSPS) is 25.0. The molecule has 0 aliphatic heterocycles. The highest BCUT2D eigenvalue weighted by Gasteiger charge is 2.29. The summed E-state index contributed by atoms with van der Waals surface area (Å²) in [4.78, 5) is 0. The third kappa shape index (κ3) is 6.34. The first-order chi connectivity index (χ1) is 8.98. The molecule has 20 heavy (non-hydrogen) atoms. The number of hydrogen-bond acceptors (Lipinski definition) is 6. The van der Waals surface area contributed by atoms with Crippen molar-refractivity contribution in [2.24, 2.45) is 11.8 Å². The second-order valence-electron chi connectivity index (χ2n) is 5.47. The largest absolute Gasteiger partial charge is 0.270 e. The molecule has 8 heteroatoms. The molecule has 0 N–H and O–H groups in total. The zero-order valence-corrected chi connectivity index (χ0v) is 13.9. The third-order valence-electron chi connectivity index (χ3n) is 3.52. The van der Waals surface area contributed by atoms with Crippen LogP contribution in [0.2, 0.25) is 0 Å². The lowest BCUT2D eigenvalue weighted by Crippen LogP contribution is -2.30. The van der Waals surface area contributed by atoms with Gasteiger partial charge in [-0.1, -0.05) is 11.1 Å². The van der Waals surface area contributed by atoms with Gasteiger partial charge in [-0.3, -0.25) is 8.37 Å². The van der Waals surface area contributed by atoms with Crippen molar-refractivity contribution in [3.63, 3.8) is 0 Å². The zero-order chi connectivity index (χ0) is 15.6. The van der Waals surface area contributed by atoms with Crippen molar-refractivity contribution in [3.8, 4) is 0 Å². The molecular weight excluding hydrogens is 304 g/mol. The molecule has 0 amide bonds. The zero-order valence-electron chi connectivity index (χ0n) is 12.2. The summed E-state index contributed by atoms with van der Waals surface area (Å²) in [5.41, 5.74) is 2.39. The van der Waals surface area contributed by atoms with Gasteiger partial charge in [-0.25, -0.2) is 0 Å². The van der Waals surface area contributed by atoms with E-state index in [1.54, 1.807) is 0 Å². The SMILES string of the molecule is CC1=C(C)C[C@H](COS(C)(=O)=O)[C@@H](COS(C)(=O)=O)C1. The molecule has 6 nitrogen and oxygen atoms in total. The molecule has 0 aromatic carbocycles. The predicted molar refractivity (Wildman–Crippen MR) is 76.2 cm³/mol. The highest BCUT2D eigenvalue weighted by molar-refractivity contribution is 7.86. The molecule has 0 aromatic heterocycles. The lowest BCUT2D eigenvalue weighted by atomic mass is 9.77. The Kier molecular flexibility index (Phi) is 5.77. The lowest BCUT2D eigenvalue weighted by molar-refractivity contribution is 0.140. The number of allylic oxidation sites excluding steroid dienone is 2. The molecule has 0 heterocycles. The Morgan fingerprint density at radius 1 is 0.850 bits per heavy atom. The van der Waals surface area contributed by atoms with E-state index < -0.39 is 20.2 Å². The molecular formula is C12H22O6S2. The molecule has 1 aliphatic carbocycles. The maximum atomic E-state index is 11.1. The van der Waals surface area contributed by atoms with Crippen LogP contribution < -0.4 is 0 Å². The van der Waals surface area contributed by atoms with Crippen molar-refractivity contribution in [1.82, 2.24) is 0 Å². The fourth-order valence-corrected chi connectivity index (χ4v) is 3.12. The summed E-state index contributed by atoms with van der Waals surface area (Å²) in [5.74, 6) is -0.120. The topological polar surface area (TPSA) is 86.7 Å². The summed E-state index contributed by atoms with van der Waals surface area (Å²) in [7, 11) is -6.99. The van der Waals surface area contributed by atoms with E-state index in [1.165, 1.54) is 11.1 Å². The van der Waals surface area contributed by atoms with Gasteiger partial charge in [0.2, 0.25) is 0 Å². The van der Waals surface area contributed by atoms with Gasteiger partial charge in [0, 0.05) is 0 Å². The van der Waals surface area contributed by atoms with Gasteiger partial charge in [-0.2, -0.15) is 16.8 Å². The summed E-state index contributed by atoms with van der Waals surface area (Å²) >= 11 is 0. The first kappa shape index (κ1) is 17.6. The van der Waals surface area contributed by atoms with E-state index in [0.717, 1.165) is 12.5 Å². The fourth-order valence-electron chi connectivity index (χ4n) is 2.28. The van der Waals surface area contributed by atoms with Gasteiger partial charge >= 0.3 is 0 Å². The molecule has 0 radical (unpaired) electrons. The van der Waals surface area contributed by atoms with E-state index >= 15 is 0 Å². The van der Waals surface area contributed by atoms with Crippen molar-refractivity contribution in [2.75, 3.05) is 25.7 Å². The average molecular weight is 326 g/mol. The second-order valence-corrected chi connectivity index (χ2v) is 8.75. The first-order valence-electron chi connectivity index (χ1n) is 6.32. The van der Waals surface area contributed by atoms with Crippen LogP contribution in [0.15, 0.2) is 11.1 Å². The van der Waals surface area contributed by atoms with Crippen molar-refractivity contribution in [3.05, 3.63) is 11.1 Å². The van der Waals surface area contributed by atoms with Crippen LogP contribution in [0, 0.1) is 11.8 Å². The Balaban J connectivity index is 2.76. The van der Waals surface area contributed by atoms with Crippen LogP contribution >= 0.6 is 0 Å².